The van der Waals surface area contributed by atoms with Crippen LogP contribution in [0.1, 0.15) is 30.2 Å². The average molecular weight is 631 g/mol. The van der Waals surface area contributed by atoms with Crippen molar-refractivity contribution in [2.45, 2.75) is 44.7 Å². The number of rotatable bonds is 9. The molecule has 0 bridgehead atoms. The minimum Gasteiger partial charge on any atom is -0.494 e. The van der Waals surface area contributed by atoms with Gasteiger partial charge >= 0.3 is 5.69 Å². The summed E-state index contributed by atoms with van der Waals surface area (Å²) in [6.07, 6.45) is 2.37. The SMILES string of the molecule is CCCN.CN.COc1cccc(-c2c(C)n(Cc3c(F)cccc3S(C)(=O)=O)c(=O)n(CCc3ccccc3)c2=O)c1F. The van der Waals surface area contributed by atoms with Gasteiger partial charge in [-0.2, -0.15) is 0 Å². The molecular weight excluding hydrogens is 590 g/mol. The van der Waals surface area contributed by atoms with Gasteiger partial charge in [-0.05, 0) is 57.1 Å². The standard InChI is InChI=1S/C28H26F2N2O5S.C3H9N.CH5N/c1-18-25(20-11-7-13-23(37-2)26(20)30)27(33)31(16-15-19-9-5-4-6-10-19)28(34)32(18)17-21-22(29)12-8-14-24(21)38(3,35)36;1-2-3-4;1-2/h4-14H,15-17H2,1-3H3;2-4H2,1H3;2H2,1H3. The summed E-state index contributed by atoms with van der Waals surface area (Å²) in [4.78, 5) is 27.0. The Bertz CT molecular complexity index is 1770. The van der Waals surface area contributed by atoms with Crippen LogP contribution in [0.4, 0.5) is 8.78 Å². The number of hydrogen-bond acceptors (Lipinski definition) is 7. The molecule has 0 atom stereocenters. The van der Waals surface area contributed by atoms with Crippen molar-refractivity contribution in [3.63, 3.8) is 0 Å². The summed E-state index contributed by atoms with van der Waals surface area (Å²) < 4.78 is 62.2. The maximum atomic E-state index is 15.3. The molecule has 0 aliphatic carbocycles. The molecule has 12 heteroatoms. The van der Waals surface area contributed by atoms with E-state index in [9.17, 15) is 22.4 Å². The van der Waals surface area contributed by atoms with E-state index in [1.54, 1.807) is 0 Å². The van der Waals surface area contributed by atoms with Gasteiger partial charge in [-0.1, -0.05) is 55.5 Å². The van der Waals surface area contributed by atoms with Crippen molar-refractivity contribution in [1.29, 1.82) is 0 Å². The Morgan fingerprint density at radius 1 is 0.909 bits per heavy atom. The summed E-state index contributed by atoms with van der Waals surface area (Å²) in [6, 6.07) is 17.1. The normalized spacial score (nSPS) is 10.8. The lowest BCUT2D eigenvalue weighted by Crippen LogP contribution is -2.43. The van der Waals surface area contributed by atoms with Gasteiger partial charge in [-0.15, -0.1) is 0 Å². The van der Waals surface area contributed by atoms with E-state index in [0.717, 1.165) is 40.0 Å². The number of sulfone groups is 1. The van der Waals surface area contributed by atoms with Crippen LogP contribution in [0.5, 0.6) is 5.75 Å². The van der Waals surface area contributed by atoms with Crippen molar-refractivity contribution in [1.82, 2.24) is 9.13 Å². The molecular formula is C32H40F2N4O5S. The molecule has 0 saturated heterocycles. The molecule has 1 heterocycles. The van der Waals surface area contributed by atoms with Crippen LogP contribution in [0.2, 0.25) is 0 Å². The van der Waals surface area contributed by atoms with Gasteiger partial charge in [-0.25, -0.2) is 22.0 Å². The van der Waals surface area contributed by atoms with Gasteiger partial charge in [0, 0.05) is 29.6 Å². The zero-order valence-corrected chi connectivity index (χ0v) is 26.5. The quantitative estimate of drug-likeness (QED) is 0.286. The number of halogens is 2. The largest absolute Gasteiger partial charge is 0.494 e. The van der Waals surface area contributed by atoms with Crippen LogP contribution in [-0.4, -0.2) is 44.5 Å². The van der Waals surface area contributed by atoms with Crippen LogP contribution in [0.25, 0.3) is 11.1 Å². The first kappa shape index (κ1) is 36.1. The van der Waals surface area contributed by atoms with Crippen molar-refractivity contribution in [3.05, 3.63) is 116 Å². The summed E-state index contributed by atoms with van der Waals surface area (Å²) in [6.45, 7) is 3.81. The Morgan fingerprint density at radius 3 is 2.09 bits per heavy atom. The highest BCUT2D eigenvalue weighted by molar-refractivity contribution is 7.90. The topological polar surface area (TPSA) is 139 Å². The molecule has 0 amide bonds. The minimum atomic E-state index is -3.84. The lowest BCUT2D eigenvalue weighted by molar-refractivity contribution is 0.387. The van der Waals surface area contributed by atoms with Crippen molar-refractivity contribution >= 4 is 9.84 Å². The number of nitrogens with zero attached hydrogens (tertiary/aromatic N) is 2. The number of benzene rings is 3. The lowest BCUT2D eigenvalue weighted by Gasteiger charge is -2.19. The van der Waals surface area contributed by atoms with Crippen LogP contribution in [0.15, 0.2) is 81.2 Å². The van der Waals surface area contributed by atoms with Gasteiger partial charge in [-0.3, -0.25) is 13.9 Å². The summed E-state index contributed by atoms with van der Waals surface area (Å²) >= 11 is 0. The fourth-order valence-electron chi connectivity index (χ4n) is 4.44. The third kappa shape index (κ3) is 8.49. The number of ether oxygens (including phenoxy) is 1. The molecule has 1 aromatic heterocycles. The predicted molar refractivity (Wildman–Crippen MR) is 170 cm³/mol. The van der Waals surface area contributed by atoms with E-state index >= 15 is 4.39 Å². The van der Waals surface area contributed by atoms with E-state index in [1.807, 2.05) is 30.3 Å². The van der Waals surface area contributed by atoms with E-state index in [-0.39, 0.29) is 39.6 Å². The van der Waals surface area contributed by atoms with Crippen LogP contribution in [0, 0.1) is 18.6 Å². The van der Waals surface area contributed by atoms with Gasteiger partial charge < -0.3 is 16.2 Å². The van der Waals surface area contributed by atoms with Crippen LogP contribution in [0.3, 0.4) is 0 Å². The maximum Gasteiger partial charge on any atom is 0.331 e. The summed E-state index contributed by atoms with van der Waals surface area (Å²) in [5.41, 5.74) is 8.55. The number of aromatic nitrogens is 2. The number of methoxy groups -OCH3 is 1. The Kier molecular flexibility index (Phi) is 13.6. The van der Waals surface area contributed by atoms with E-state index in [2.05, 4.69) is 12.7 Å². The predicted octanol–water partition coefficient (Wildman–Crippen LogP) is 3.90. The van der Waals surface area contributed by atoms with Crippen molar-refractivity contribution in [2.75, 3.05) is 27.0 Å². The second-order valence-corrected chi connectivity index (χ2v) is 11.6. The molecule has 0 radical (unpaired) electrons. The lowest BCUT2D eigenvalue weighted by atomic mass is 10.0. The number of nitrogens with two attached hydrogens (primary N) is 2. The molecule has 4 aromatic rings. The minimum absolute atomic E-state index is 0.0310. The summed E-state index contributed by atoms with van der Waals surface area (Å²) in [5.74, 6) is -1.71. The van der Waals surface area contributed by atoms with E-state index < -0.39 is 39.3 Å². The highest BCUT2D eigenvalue weighted by atomic mass is 32.2. The molecule has 0 unspecified atom stereocenters. The van der Waals surface area contributed by atoms with E-state index in [4.69, 9.17) is 10.5 Å². The van der Waals surface area contributed by atoms with Gasteiger partial charge in [0.15, 0.2) is 21.4 Å². The monoisotopic (exact) mass is 630 g/mol. The Hall–Kier alpha value is -4.13. The zero-order chi connectivity index (χ0) is 33.0. The first-order chi connectivity index (χ1) is 21.0. The summed E-state index contributed by atoms with van der Waals surface area (Å²) in [5, 5.41) is 0. The molecule has 3 aromatic carbocycles. The van der Waals surface area contributed by atoms with Crippen LogP contribution < -0.4 is 27.5 Å². The molecule has 9 nitrogen and oxygen atoms in total. The first-order valence-corrected chi connectivity index (χ1v) is 15.8. The first-order valence-electron chi connectivity index (χ1n) is 13.9. The number of aryl methyl sites for hydroxylation is 1. The molecule has 0 aliphatic rings. The molecule has 0 fully saturated rings. The van der Waals surface area contributed by atoms with Crippen molar-refractivity contribution in [2.24, 2.45) is 11.5 Å². The van der Waals surface area contributed by atoms with Crippen molar-refractivity contribution in [3.8, 4) is 16.9 Å². The van der Waals surface area contributed by atoms with E-state index in [1.165, 1.54) is 51.4 Å². The molecule has 44 heavy (non-hydrogen) atoms. The van der Waals surface area contributed by atoms with Gasteiger partial charge in [0.1, 0.15) is 5.82 Å². The second kappa shape index (κ2) is 16.6. The highest BCUT2D eigenvalue weighted by Gasteiger charge is 2.24. The van der Waals surface area contributed by atoms with Gasteiger partial charge in [0.2, 0.25) is 0 Å². The third-order valence-corrected chi connectivity index (χ3v) is 7.87. The fourth-order valence-corrected chi connectivity index (χ4v) is 5.37. The highest BCUT2D eigenvalue weighted by Crippen LogP contribution is 2.29. The van der Waals surface area contributed by atoms with Crippen molar-refractivity contribution < 1.29 is 21.9 Å². The molecule has 4 N–H and O–H groups in total. The second-order valence-electron chi connectivity index (χ2n) is 9.62. The molecule has 0 saturated carbocycles. The Morgan fingerprint density at radius 2 is 1.52 bits per heavy atom. The molecule has 0 aliphatic heterocycles. The Balaban J connectivity index is 0.00000104. The average Bonchev–Trinajstić information content (AvgIpc) is 3.01. The van der Waals surface area contributed by atoms with Crippen LogP contribution >= 0.6 is 0 Å². The Labute approximate surface area is 256 Å². The smallest absolute Gasteiger partial charge is 0.331 e. The number of hydrogen-bond donors (Lipinski definition) is 2. The third-order valence-electron chi connectivity index (χ3n) is 6.69. The van der Waals surface area contributed by atoms with Gasteiger partial charge in [0.25, 0.3) is 5.56 Å². The molecule has 4 rings (SSSR count). The fraction of sp³-hybridized carbons (Fsp3) is 0.312. The zero-order valence-electron chi connectivity index (χ0n) is 25.6. The maximum absolute atomic E-state index is 15.3. The molecule has 238 valence electrons. The molecule has 0 spiro atoms. The van der Waals surface area contributed by atoms with Gasteiger partial charge in [0.05, 0.1) is 24.1 Å². The van der Waals surface area contributed by atoms with E-state index in [0.29, 0.717) is 6.42 Å². The van der Waals surface area contributed by atoms with Crippen LogP contribution in [-0.2, 0) is 29.3 Å². The summed E-state index contributed by atoms with van der Waals surface area (Å²) in [7, 11) is -1.05.